The van der Waals surface area contributed by atoms with Crippen LogP contribution in [0.15, 0.2) is 54.7 Å². The number of nitrogens with one attached hydrogen (secondary N) is 2. The van der Waals surface area contributed by atoms with E-state index < -0.39 is 6.17 Å². The van der Waals surface area contributed by atoms with Crippen molar-refractivity contribution in [1.29, 1.82) is 0 Å². The predicted octanol–water partition coefficient (Wildman–Crippen LogP) is 1.76. The Bertz CT molecular complexity index is 996. The summed E-state index contributed by atoms with van der Waals surface area (Å²) in [7, 11) is 0. The Morgan fingerprint density at radius 3 is 2.65 bits per heavy atom. The van der Waals surface area contributed by atoms with Gasteiger partial charge in [-0.05, 0) is 18.2 Å². The maximum atomic E-state index is 12.6. The van der Waals surface area contributed by atoms with Crippen LogP contribution in [0.5, 0.6) is 0 Å². The third-order valence-electron chi connectivity index (χ3n) is 3.86. The molecule has 0 spiro atoms. The Morgan fingerprint density at radius 2 is 1.78 bits per heavy atom. The molecule has 4 rings (SSSR count). The van der Waals surface area contributed by atoms with Crippen LogP contribution in [-0.4, -0.2) is 10.6 Å². The fourth-order valence-electron chi connectivity index (χ4n) is 2.75. The van der Waals surface area contributed by atoms with Crippen LogP contribution < -0.4 is 15.1 Å². The molecule has 1 unspecified atom stereocenters. The smallest absolute Gasteiger partial charge is 0.285 e. The number of benzene rings is 2. The molecule has 3 aromatic rings. The van der Waals surface area contributed by atoms with E-state index in [4.69, 9.17) is 0 Å². The highest BCUT2D eigenvalue weighted by Crippen LogP contribution is 2.26. The van der Waals surface area contributed by atoms with E-state index in [1.807, 2.05) is 0 Å². The first-order valence-corrected chi connectivity index (χ1v) is 7.06. The van der Waals surface area contributed by atoms with Crippen LogP contribution in [0.3, 0.4) is 0 Å². The van der Waals surface area contributed by atoms with E-state index in [0.717, 1.165) is 0 Å². The van der Waals surface area contributed by atoms with Crippen LogP contribution in [0.25, 0.3) is 11.0 Å². The minimum absolute atomic E-state index is 0.126. The van der Waals surface area contributed by atoms with Crippen molar-refractivity contribution in [2.24, 2.45) is 0 Å². The molecule has 1 aromatic heterocycles. The average Bonchev–Trinajstić information content (AvgIpc) is 2.58. The van der Waals surface area contributed by atoms with Gasteiger partial charge in [0.05, 0.1) is 9.99 Å². The summed E-state index contributed by atoms with van der Waals surface area (Å²) in [6, 6.07) is 13.5. The number of nitrogens with zero attached hydrogens (tertiary/aromatic N) is 2. The van der Waals surface area contributed by atoms with Gasteiger partial charge >= 0.3 is 0 Å². The van der Waals surface area contributed by atoms with E-state index in [1.165, 1.54) is 6.20 Å². The first kappa shape index (κ1) is 13.3. The summed E-state index contributed by atoms with van der Waals surface area (Å²) in [6.45, 7) is 0. The summed E-state index contributed by atoms with van der Waals surface area (Å²) in [6.07, 6.45) is 0.404. The molecule has 7 nitrogen and oxygen atoms in total. The summed E-state index contributed by atoms with van der Waals surface area (Å²) in [5.74, 6) is -0.296. The average molecular weight is 308 g/mol. The highest BCUT2D eigenvalue weighted by molar-refractivity contribution is 6.01. The third kappa shape index (κ3) is 2.02. The Balaban J connectivity index is 1.86. The molecule has 2 aromatic carbocycles. The lowest BCUT2D eigenvalue weighted by molar-refractivity contribution is -0.465. The molecule has 0 radical (unpaired) electrons. The van der Waals surface area contributed by atoms with E-state index in [2.05, 4.69) is 10.6 Å². The fraction of sp³-hybridized carbons (Fsp3) is 0.0625. The Kier molecular flexibility index (Phi) is 2.80. The number of hydrogen-bond acceptors (Lipinski definition) is 4. The van der Waals surface area contributed by atoms with E-state index in [0.29, 0.717) is 20.4 Å². The number of anilines is 1. The lowest BCUT2D eigenvalue weighted by atomic mass is 10.1. The van der Waals surface area contributed by atoms with Gasteiger partial charge in [0.15, 0.2) is 0 Å². The van der Waals surface area contributed by atoms with Crippen molar-refractivity contribution in [3.63, 3.8) is 0 Å². The van der Waals surface area contributed by atoms with Gasteiger partial charge in [0, 0.05) is 16.7 Å². The molecule has 0 saturated heterocycles. The highest BCUT2D eigenvalue weighted by atomic mass is 16.5. The maximum absolute atomic E-state index is 12.6. The second-order valence-corrected chi connectivity index (χ2v) is 5.26. The molecule has 2 N–H and O–H groups in total. The van der Waals surface area contributed by atoms with Crippen molar-refractivity contribution in [1.82, 2.24) is 10.0 Å². The Hall–Kier alpha value is -3.35. The zero-order valence-corrected chi connectivity index (χ0v) is 11.9. The van der Waals surface area contributed by atoms with Gasteiger partial charge in [0.2, 0.25) is 0 Å². The molecule has 1 aliphatic rings. The van der Waals surface area contributed by atoms with Gasteiger partial charge in [-0.1, -0.05) is 24.3 Å². The molecule has 23 heavy (non-hydrogen) atoms. The van der Waals surface area contributed by atoms with Crippen molar-refractivity contribution >= 4 is 22.6 Å². The summed E-state index contributed by atoms with van der Waals surface area (Å²) in [5.41, 5.74) is 1.76. The van der Waals surface area contributed by atoms with Crippen molar-refractivity contribution in [2.75, 3.05) is 5.32 Å². The van der Waals surface area contributed by atoms with Crippen LogP contribution in [-0.2, 0) is 0 Å². The standard InChI is InChI=1S/C16H12N4O3/c21-16-10-5-1-2-6-11(10)17-15(18-16)14-9-19(22)12-7-3-4-8-13(12)20(14)23/h1-9,15,17H,(H,18,21). The first-order valence-electron chi connectivity index (χ1n) is 7.06. The number of para-hydroxylation sites is 3. The van der Waals surface area contributed by atoms with E-state index in [-0.39, 0.29) is 22.6 Å². The molecule has 7 heteroatoms. The molecule has 1 atom stereocenters. The van der Waals surface area contributed by atoms with E-state index in [9.17, 15) is 14.9 Å². The van der Waals surface area contributed by atoms with Gasteiger partial charge < -0.3 is 20.6 Å². The van der Waals surface area contributed by atoms with Gasteiger partial charge in [0.25, 0.3) is 17.6 Å². The lowest BCUT2D eigenvalue weighted by Gasteiger charge is -2.30. The molecule has 0 fully saturated rings. The normalized spacial score (nSPS) is 16.5. The molecular formula is C16H12N4O3. The number of hydrogen-bond donors (Lipinski definition) is 2. The summed E-state index contributed by atoms with van der Waals surface area (Å²) in [4.78, 5) is 24.3. The monoisotopic (exact) mass is 308 g/mol. The van der Waals surface area contributed by atoms with Crippen LogP contribution >= 0.6 is 0 Å². The SMILES string of the molecule is O=C1NC(c2c[n+](=O)c3ccccc3n2[O-])Nc2ccccc21. The minimum Gasteiger partial charge on any atom is -0.805 e. The second kappa shape index (κ2) is 4.84. The molecule has 1 aliphatic heterocycles. The predicted molar refractivity (Wildman–Crippen MR) is 84.3 cm³/mol. The molecule has 0 saturated carbocycles. The van der Waals surface area contributed by atoms with Crippen molar-refractivity contribution < 1.29 is 9.22 Å². The van der Waals surface area contributed by atoms with Crippen LogP contribution in [0.2, 0.25) is 0 Å². The Labute approximate surface area is 130 Å². The minimum atomic E-state index is -0.778. The highest BCUT2D eigenvalue weighted by Gasteiger charge is 2.27. The molecule has 114 valence electrons. The summed E-state index contributed by atoms with van der Waals surface area (Å²) >= 11 is 0. The molecule has 2 heterocycles. The van der Waals surface area contributed by atoms with Gasteiger partial charge in [-0.3, -0.25) is 4.79 Å². The number of aromatic nitrogens is 2. The van der Waals surface area contributed by atoms with Gasteiger partial charge in [-0.25, -0.2) is 0 Å². The summed E-state index contributed by atoms with van der Waals surface area (Å²) in [5, 5.41) is 18.3. The Morgan fingerprint density at radius 1 is 1.04 bits per heavy atom. The molecule has 0 bridgehead atoms. The van der Waals surface area contributed by atoms with E-state index in [1.54, 1.807) is 48.5 Å². The third-order valence-corrected chi connectivity index (χ3v) is 3.86. The molecule has 1 amide bonds. The van der Waals surface area contributed by atoms with Gasteiger partial charge in [0.1, 0.15) is 17.4 Å². The van der Waals surface area contributed by atoms with Crippen LogP contribution in [0.4, 0.5) is 5.69 Å². The number of amides is 1. The molecule has 0 aliphatic carbocycles. The number of carbonyl (C=O) groups is 1. The fourth-order valence-corrected chi connectivity index (χ4v) is 2.75. The number of carbonyl (C=O) groups excluding carboxylic acids is 1. The first-order chi connectivity index (χ1) is 11.1. The zero-order valence-electron chi connectivity index (χ0n) is 11.9. The number of fused-ring (bicyclic) bond motifs is 2. The van der Waals surface area contributed by atoms with Gasteiger partial charge in [-0.15, -0.1) is 0 Å². The summed E-state index contributed by atoms with van der Waals surface area (Å²) < 4.78 is 1.29. The van der Waals surface area contributed by atoms with Gasteiger partial charge in [-0.2, -0.15) is 0 Å². The maximum Gasteiger partial charge on any atom is 0.285 e. The second-order valence-electron chi connectivity index (χ2n) is 5.26. The van der Waals surface area contributed by atoms with Crippen LogP contribution in [0, 0.1) is 10.1 Å². The number of rotatable bonds is 1. The zero-order chi connectivity index (χ0) is 16.0. The topological polar surface area (TPSA) is 92.1 Å². The quantitative estimate of drug-likeness (QED) is 0.670. The van der Waals surface area contributed by atoms with Crippen molar-refractivity contribution in [3.8, 4) is 0 Å². The molecular weight excluding hydrogens is 296 g/mol. The lowest BCUT2D eigenvalue weighted by Crippen LogP contribution is -2.40. The van der Waals surface area contributed by atoms with E-state index >= 15 is 0 Å². The van der Waals surface area contributed by atoms with Crippen molar-refractivity contribution in [2.45, 2.75) is 6.17 Å². The largest absolute Gasteiger partial charge is 0.805 e. The van der Waals surface area contributed by atoms with Crippen LogP contribution in [0.1, 0.15) is 22.2 Å². The van der Waals surface area contributed by atoms with Crippen molar-refractivity contribution in [3.05, 3.63) is 76.1 Å².